The van der Waals surface area contributed by atoms with E-state index in [1.54, 1.807) is 6.07 Å². The Hall–Kier alpha value is -0.600. The molecule has 1 aliphatic heterocycles. The van der Waals surface area contributed by atoms with Crippen LogP contribution in [0.2, 0.25) is 5.02 Å². The molecule has 1 aliphatic carbocycles. The molecule has 0 bridgehead atoms. The van der Waals surface area contributed by atoms with Gasteiger partial charge < -0.3 is 5.32 Å². The number of hydrogen-bond acceptors (Lipinski definition) is 1. The first-order valence-electron chi connectivity index (χ1n) is 7.39. The Kier molecular flexibility index (Phi) is 3.81. The molecule has 3 heteroatoms. The summed E-state index contributed by atoms with van der Waals surface area (Å²) in [4.78, 5) is 0. The Balaban J connectivity index is 1.86. The monoisotopic (exact) mass is 281 g/mol. The zero-order chi connectivity index (χ0) is 13.3. The lowest BCUT2D eigenvalue weighted by molar-refractivity contribution is 0.270. The van der Waals surface area contributed by atoms with E-state index in [1.165, 1.54) is 44.6 Å². The van der Waals surface area contributed by atoms with E-state index in [2.05, 4.69) is 5.32 Å². The number of benzene rings is 1. The van der Waals surface area contributed by atoms with Gasteiger partial charge in [-0.05, 0) is 56.2 Å². The van der Waals surface area contributed by atoms with Gasteiger partial charge in [-0.3, -0.25) is 0 Å². The summed E-state index contributed by atoms with van der Waals surface area (Å²) in [7, 11) is 0. The van der Waals surface area contributed by atoms with Crippen molar-refractivity contribution in [2.45, 2.75) is 50.5 Å². The molecule has 2 fully saturated rings. The number of hydrogen-bond donors (Lipinski definition) is 1. The van der Waals surface area contributed by atoms with Gasteiger partial charge in [0.1, 0.15) is 5.82 Å². The molecule has 0 amide bonds. The second-order valence-electron chi connectivity index (χ2n) is 6.06. The molecule has 1 aromatic rings. The first-order chi connectivity index (χ1) is 9.21. The molecule has 0 spiro atoms. The Morgan fingerprint density at radius 2 is 2.11 bits per heavy atom. The van der Waals surface area contributed by atoms with Crippen LogP contribution in [-0.4, -0.2) is 12.1 Å². The van der Waals surface area contributed by atoms with Gasteiger partial charge in [0.2, 0.25) is 0 Å². The average molecular weight is 282 g/mol. The van der Waals surface area contributed by atoms with E-state index in [1.807, 2.05) is 6.07 Å². The molecule has 1 N–H and O–H groups in total. The van der Waals surface area contributed by atoms with Crippen molar-refractivity contribution >= 4 is 11.6 Å². The summed E-state index contributed by atoms with van der Waals surface area (Å²) in [5.41, 5.74) is 1.12. The Bertz CT molecular complexity index is 448. The fraction of sp³-hybridized carbons (Fsp3) is 0.625. The molecule has 1 nitrogen and oxygen atoms in total. The van der Waals surface area contributed by atoms with Crippen molar-refractivity contribution in [3.8, 4) is 0 Å². The lowest BCUT2D eigenvalue weighted by atomic mass is 9.82. The van der Waals surface area contributed by atoms with Crippen LogP contribution in [0.25, 0.3) is 0 Å². The van der Waals surface area contributed by atoms with Gasteiger partial charge in [0.15, 0.2) is 0 Å². The topological polar surface area (TPSA) is 12.0 Å². The van der Waals surface area contributed by atoms with Gasteiger partial charge in [0.25, 0.3) is 0 Å². The van der Waals surface area contributed by atoms with Crippen LogP contribution >= 0.6 is 11.6 Å². The van der Waals surface area contributed by atoms with Gasteiger partial charge in [-0.25, -0.2) is 4.39 Å². The van der Waals surface area contributed by atoms with Crippen LogP contribution in [0, 0.1) is 11.7 Å². The average Bonchev–Trinajstić information content (AvgIpc) is 3.22. The minimum Gasteiger partial charge on any atom is -0.311 e. The van der Waals surface area contributed by atoms with Gasteiger partial charge in [-0.1, -0.05) is 36.6 Å². The van der Waals surface area contributed by atoms with Crippen LogP contribution in [-0.2, 0) is 6.42 Å². The van der Waals surface area contributed by atoms with Crippen molar-refractivity contribution < 1.29 is 4.39 Å². The summed E-state index contributed by atoms with van der Waals surface area (Å²) in [6.45, 7) is 1.09. The largest absolute Gasteiger partial charge is 0.311 e. The van der Waals surface area contributed by atoms with Crippen molar-refractivity contribution in [3.05, 3.63) is 34.6 Å². The highest BCUT2D eigenvalue weighted by Crippen LogP contribution is 2.45. The summed E-state index contributed by atoms with van der Waals surface area (Å²) in [6.07, 6.45) is 8.51. The highest BCUT2D eigenvalue weighted by molar-refractivity contribution is 6.31. The number of halogens is 2. The second kappa shape index (κ2) is 5.41. The summed E-state index contributed by atoms with van der Waals surface area (Å²) >= 11 is 6.14. The zero-order valence-corrected chi connectivity index (χ0v) is 12.0. The normalized spacial score (nSPS) is 28.1. The lowest BCUT2D eigenvalue weighted by Gasteiger charge is -2.35. The van der Waals surface area contributed by atoms with Crippen LogP contribution in [0.4, 0.5) is 4.39 Å². The van der Waals surface area contributed by atoms with Crippen LogP contribution in [0.1, 0.15) is 44.1 Å². The molecule has 0 radical (unpaired) electrons. The van der Waals surface area contributed by atoms with Crippen molar-refractivity contribution in [1.82, 2.24) is 5.32 Å². The first kappa shape index (κ1) is 13.4. The van der Waals surface area contributed by atoms with Crippen molar-refractivity contribution in [1.29, 1.82) is 0 Å². The standard InChI is InChI=1S/C16H21ClFN/c17-15-12(5-4-6-14(15)18)11-16(13-7-8-13)9-2-1-3-10-19-16/h4-6,13,19H,1-3,7-11H2. The van der Waals surface area contributed by atoms with Gasteiger partial charge in [0, 0.05) is 5.54 Å². The second-order valence-corrected chi connectivity index (χ2v) is 6.44. The number of rotatable bonds is 3. The van der Waals surface area contributed by atoms with Crippen molar-refractivity contribution in [2.75, 3.05) is 6.54 Å². The molecule has 19 heavy (non-hydrogen) atoms. The number of nitrogens with one attached hydrogen (secondary N) is 1. The molecule has 1 saturated heterocycles. The van der Waals surface area contributed by atoms with E-state index in [4.69, 9.17) is 11.6 Å². The van der Waals surface area contributed by atoms with E-state index in [0.717, 1.165) is 24.4 Å². The van der Waals surface area contributed by atoms with E-state index in [0.29, 0.717) is 5.02 Å². The smallest absolute Gasteiger partial charge is 0.142 e. The maximum absolute atomic E-state index is 13.6. The van der Waals surface area contributed by atoms with Crippen LogP contribution in [0.5, 0.6) is 0 Å². The van der Waals surface area contributed by atoms with E-state index in [-0.39, 0.29) is 11.4 Å². The Labute approximate surface area is 119 Å². The highest BCUT2D eigenvalue weighted by atomic mass is 35.5. The predicted molar refractivity (Wildman–Crippen MR) is 77.0 cm³/mol. The summed E-state index contributed by atoms with van der Waals surface area (Å²) in [6, 6.07) is 5.19. The van der Waals surface area contributed by atoms with E-state index < -0.39 is 0 Å². The molecule has 0 aromatic heterocycles. The summed E-state index contributed by atoms with van der Waals surface area (Å²) < 4.78 is 13.6. The highest BCUT2D eigenvalue weighted by Gasteiger charge is 2.45. The van der Waals surface area contributed by atoms with E-state index >= 15 is 0 Å². The minimum absolute atomic E-state index is 0.161. The third-order valence-electron chi connectivity index (χ3n) is 4.67. The predicted octanol–water partition coefficient (Wildman–Crippen LogP) is 4.33. The summed E-state index contributed by atoms with van der Waals surface area (Å²) in [5.74, 6) is 0.462. The SMILES string of the molecule is Fc1cccc(CC2(C3CC3)CCCCCN2)c1Cl. The van der Waals surface area contributed by atoms with Gasteiger partial charge in [-0.15, -0.1) is 0 Å². The molecular weight excluding hydrogens is 261 g/mol. The van der Waals surface area contributed by atoms with Gasteiger partial charge in [0.05, 0.1) is 5.02 Å². The van der Waals surface area contributed by atoms with Crippen LogP contribution in [0.15, 0.2) is 18.2 Å². The lowest BCUT2D eigenvalue weighted by Crippen LogP contribution is -2.48. The third-order valence-corrected chi connectivity index (χ3v) is 5.10. The fourth-order valence-corrected chi connectivity index (χ4v) is 3.67. The molecule has 2 aliphatic rings. The maximum Gasteiger partial charge on any atom is 0.142 e. The Morgan fingerprint density at radius 1 is 1.26 bits per heavy atom. The summed E-state index contributed by atoms with van der Waals surface area (Å²) in [5, 5.41) is 4.08. The van der Waals surface area contributed by atoms with Crippen LogP contribution in [0.3, 0.4) is 0 Å². The van der Waals surface area contributed by atoms with Crippen molar-refractivity contribution in [3.63, 3.8) is 0 Å². The molecule has 104 valence electrons. The van der Waals surface area contributed by atoms with Gasteiger partial charge in [-0.2, -0.15) is 0 Å². The molecule has 1 aromatic carbocycles. The maximum atomic E-state index is 13.6. The van der Waals surface area contributed by atoms with Gasteiger partial charge >= 0.3 is 0 Å². The Morgan fingerprint density at radius 3 is 2.89 bits per heavy atom. The van der Waals surface area contributed by atoms with Crippen LogP contribution < -0.4 is 5.32 Å². The molecule has 1 atom stereocenters. The molecule has 3 rings (SSSR count). The molecular formula is C16H21ClFN. The van der Waals surface area contributed by atoms with Crippen molar-refractivity contribution in [2.24, 2.45) is 5.92 Å². The minimum atomic E-state index is -0.293. The quantitative estimate of drug-likeness (QED) is 0.869. The zero-order valence-electron chi connectivity index (χ0n) is 11.2. The fourth-order valence-electron chi connectivity index (χ4n) is 3.47. The van der Waals surface area contributed by atoms with E-state index in [9.17, 15) is 4.39 Å². The molecule has 1 heterocycles. The first-order valence-corrected chi connectivity index (χ1v) is 7.77. The molecule has 1 unspecified atom stereocenters. The molecule has 1 saturated carbocycles. The third kappa shape index (κ3) is 2.80.